The van der Waals surface area contributed by atoms with Crippen molar-refractivity contribution >= 4 is 21.4 Å². The van der Waals surface area contributed by atoms with E-state index in [1.807, 2.05) is 26.0 Å². The summed E-state index contributed by atoms with van der Waals surface area (Å²) < 4.78 is 27.2. The third-order valence-electron chi connectivity index (χ3n) is 3.53. The maximum Gasteiger partial charge on any atom is 0.270 e. The molecule has 0 aliphatic carbocycles. The first-order valence-corrected chi connectivity index (χ1v) is 8.66. The highest BCUT2D eigenvalue weighted by Crippen LogP contribution is 2.28. The lowest BCUT2D eigenvalue weighted by Gasteiger charge is -2.25. The van der Waals surface area contributed by atoms with Crippen molar-refractivity contribution in [2.24, 2.45) is 0 Å². The molecule has 2 aromatic rings. The van der Waals surface area contributed by atoms with Crippen LogP contribution in [-0.2, 0) is 10.0 Å². The number of hydrogen-bond acceptors (Lipinski definition) is 4. The quantitative estimate of drug-likeness (QED) is 0.455. The van der Waals surface area contributed by atoms with Crippen LogP contribution in [0.25, 0.3) is 0 Å². The van der Waals surface area contributed by atoms with Crippen molar-refractivity contribution in [1.82, 2.24) is 0 Å². The molecule has 0 radical (unpaired) electrons. The Morgan fingerprint density at radius 1 is 1.21 bits per heavy atom. The lowest BCUT2D eigenvalue weighted by Crippen LogP contribution is -2.31. The Kier molecular flexibility index (Phi) is 5.04. The molecule has 0 amide bonds. The van der Waals surface area contributed by atoms with Crippen molar-refractivity contribution in [3.8, 4) is 0 Å². The van der Waals surface area contributed by atoms with Crippen LogP contribution < -0.4 is 4.31 Å². The molecule has 7 heteroatoms. The number of hydrogen-bond donors (Lipinski definition) is 0. The number of aryl methyl sites for hydroxylation is 2. The monoisotopic (exact) mass is 346 g/mol. The molecular formula is C17H18N2O4S. The Morgan fingerprint density at radius 2 is 1.92 bits per heavy atom. The molecule has 0 unspecified atom stereocenters. The molecule has 0 saturated heterocycles. The molecule has 2 aromatic carbocycles. The molecule has 126 valence electrons. The first kappa shape index (κ1) is 17.7. The van der Waals surface area contributed by atoms with Gasteiger partial charge >= 0.3 is 0 Å². The molecule has 0 aromatic heterocycles. The number of rotatable bonds is 6. The topological polar surface area (TPSA) is 80.5 Å². The molecule has 0 bridgehead atoms. The zero-order valence-corrected chi connectivity index (χ0v) is 14.3. The second-order valence-electron chi connectivity index (χ2n) is 5.37. The maximum atomic E-state index is 13.0. The molecule has 2 rings (SSSR count). The van der Waals surface area contributed by atoms with Crippen LogP contribution in [0.2, 0.25) is 0 Å². The zero-order valence-electron chi connectivity index (χ0n) is 13.5. The predicted octanol–water partition coefficient (Wildman–Crippen LogP) is 3.59. The summed E-state index contributed by atoms with van der Waals surface area (Å²) in [6, 6.07) is 10.5. The summed E-state index contributed by atoms with van der Waals surface area (Å²) in [6.07, 6.45) is 1.48. The van der Waals surface area contributed by atoms with Crippen molar-refractivity contribution in [3.05, 3.63) is 76.4 Å². The van der Waals surface area contributed by atoms with Crippen LogP contribution in [0.5, 0.6) is 0 Å². The number of nitrogens with zero attached hydrogens (tertiary/aromatic N) is 2. The lowest BCUT2D eigenvalue weighted by atomic mass is 10.1. The van der Waals surface area contributed by atoms with E-state index in [0.717, 1.165) is 17.2 Å². The van der Waals surface area contributed by atoms with E-state index in [1.54, 1.807) is 6.07 Å². The average molecular weight is 346 g/mol. The van der Waals surface area contributed by atoms with Crippen molar-refractivity contribution in [2.45, 2.75) is 18.7 Å². The molecule has 0 heterocycles. The van der Waals surface area contributed by atoms with E-state index in [1.165, 1.54) is 28.6 Å². The van der Waals surface area contributed by atoms with Crippen molar-refractivity contribution < 1.29 is 13.3 Å². The Labute approximate surface area is 141 Å². The van der Waals surface area contributed by atoms with Crippen LogP contribution in [0.4, 0.5) is 11.4 Å². The van der Waals surface area contributed by atoms with E-state index in [-0.39, 0.29) is 17.1 Å². The van der Waals surface area contributed by atoms with E-state index in [0.29, 0.717) is 5.69 Å². The summed E-state index contributed by atoms with van der Waals surface area (Å²) >= 11 is 0. The lowest BCUT2D eigenvalue weighted by molar-refractivity contribution is -0.385. The minimum Gasteiger partial charge on any atom is -0.262 e. The summed E-state index contributed by atoms with van der Waals surface area (Å²) in [6.45, 7) is 7.42. The maximum absolute atomic E-state index is 13.0. The van der Waals surface area contributed by atoms with Crippen molar-refractivity contribution in [1.29, 1.82) is 0 Å². The first-order chi connectivity index (χ1) is 11.3. The SMILES string of the molecule is C=CCN(c1ccc(C)cc1C)S(=O)(=O)c1cccc([N+](=O)[O-])c1. The normalized spacial score (nSPS) is 11.1. The fourth-order valence-electron chi connectivity index (χ4n) is 2.41. The molecule has 0 saturated carbocycles. The van der Waals surface area contributed by atoms with Crippen molar-refractivity contribution in [3.63, 3.8) is 0 Å². The minimum absolute atomic E-state index is 0.0644. The highest BCUT2D eigenvalue weighted by atomic mass is 32.2. The molecule has 0 aliphatic heterocycles. The van der Waals surface area contributed by atoms with E-state index in [4.69, 9.17) is 0 Å². The summed E-state index contributed by atoms with van der Waals surface area (Å²) in [5.74, 6) is 0. The number of nitro benzene ring substituents is 1. The van der Waals surface area contributed by atoms with Gasteiger partial charge in [-0.25, -0.2) is 8.42 Å². The number of nitro groups is 1. The fourth-order valence-corrected chi connectivity index (χ4v) is 3.95. The van der Waals surface area contributed by atoms with Gasteiger partial charge in [0.25, 0.3) is 15.7 Å². The summed E-state index contributed by atoms with van der Waals surface area (Å²) in [5, 5.41) is 10.9. The molecule has 0 aliphatic rings. The largest absolute Gasteiger partial charge is 0.270 e. The second-order valence-corrected chi connectivity index (χ2v) is 7.23. The van der Waals surface area contributed by atoms with Gasteiger partial charge in [0.1, 0.15) is 0 Å². The van der Waals surface area contributed by atoms with Crippen LogP contribution in [-0.4, -0.2) is 19.9 Å². The minimum atomic E-state index is -3.95. The van der Waals surface area contributed by atoms with Gasteiger partial charge in [-0.3, -0.25) is 14.4 Å². The van der Waals surface area contributed by atoms with Crippen molar-refractivity contribution in [2.75, 3.05) is 10.8 Å². The third-order valence-corrected chi connectivity index (χ3v) is 5.31. The average Bonchev–Trinajstić information content (AvgIpc) is 2.53. The van der Waals surface area contributed by atoms with Crippen LogP contribution in [0, 0.1) is 24.0 Å². The van der Waals surface area contributed by atoms with Gasteiger partial charge in [-0.05, 0) is 31.5 Å². The molecule has 0 atom stereocenters. The Hall–Kier alpha value is -2.67. The smallest absolute Gasteiger partial charge is 0.262 e. The molecule has 0 spiro atoms. The summed E-state index contributed by atoms with van der Waals surface area (Å²) in [7, 11) is -3.95. The number of non-ortho nitro benzene ring substituents is 1. The Balaban J connectivity index is 2.59. The van der Waals surface area contributed by atoms with Crippen LogP contribution >= 0.6 is 0 Å². The number of anilines is 1. The van der Waals surface area contributed by atoms with Gasteiger partial charge in [0.2, 0.25) is 0 Å². The van der Waals surface area contributed by atoms with Gasteiger partial charge in [-0.1, -0.05) is 29.8 Å². The van der Waals surface area contributed by atoms with Crippen LogP contribution in [0.3, 0.4) is 0 Å². The third kappa shape index (κ3) is 3.46. The van der Waals surface area contributed by atoms with Gasteiger partial charge < -0.3 is 0 Å². The van der Waals surface area contributed by atoms with Gasteiger partial charge in [0.15, 0.2) is 0 Å². The highest BCUT2D eigenvalue weighted by Gasteiger charge is 2.26. The van der Waals surface area contributed by atoms with Gasteiger partial charge in [-0.2, -0.15) is 0 Å². The van der Waals surface area contributed by atoms with E-state index >= 15 is 0 Å². The van der Waals surface area contributed by atoms with E-state index in [9.17, 15) is 18.5 Å². The van der Waals surface area contributed by atoms with Gasteiger partial charge in [-0.15, -0.1) is 6.58 Å². The Morgan fingerprint density at radius 3 is 2.50 bits per heavy atom. The first-order valence-electron chi connectivity index (χ1n) is 7.22. The van der Waals surface area contributed by atoms with E-state index < -0.39 is 14.9 Å². The molecule has 6 nitrogen and oxygen atoms in total. The predicted molar refractivity (Wildman–Crippen MR) is 93.7 cm³/mol. The van der Waals surface area contributed by atoms with Gasteiger partial charge in [0, 0.05) is 12.1 Å². The molecule has 24 heavy (non-hydrogen) atoms. The molecular weight excluding hydrogens is 328 g/mol. The van der Waals surface area contributed by atoms with Gasteiger partial charge in [0.05, 0.1) is 22.1 Å². The number of benzene rings is 2. The number of sulfonamides is 1. The molecule has 0 fully saturated rings. The standard InChI is InChI=1S/C17H18N2O4S/c1-4-10-18(17-9-8-13(2)11-14(17)3)24(22,23)16-7-5-6-15(12-16)19(20)21/h4-9,11-12H,1,10H2,2-3H3. The van der Waals surface area contributed by atoms with E-state index in [2.05, 4.69) is 6.58 Å². The summed E-state index contributed by atoms with van der Waals surface area (Å²) in [4.78, 5) is 10.2. The molecule has 0 N–H and O–H groups in total. The van der Waals surface area contributed by atoms with Crippen LogP contribution in [0.1, 0.15) is 11.1 Å². The Bertz CT molecular complexity index is 891. The zero-order chi connectivity index (χ0) is 17.9. The second kappa shape index (κ2) is 6.84. The summed E-state index contributed by atoms with van der Waals surface area (Å²) in [5.41, 5.74) is 2.07. The fraction of sp³-hybridized carbons (Fsp3) is 0.176. The highest BCUT2D eigenvalue weighted by molar-refractivity contribution is 7.92. The van der Waals surface area contributed by atoms with Crippen LogP contribution in [0.15, 0.2) is 60.0 Å².